The van der Waals surface area contributed by atoms with Gasteiger partial charge in [-0.3, -0.25) is 4.79 Å². The van der Waals surface area contributed by atoms with E-state index in [1.165, 1.54) is 12.1 Å². The average Bonchev–Trinajstić information content (AvgIpc) is 2.39. The molecule has 1 aromatic carbocycles. The van der Waals surface area contributed by atoms with Gasteiger partial charge in [0, 0.05) is 13.1 Å². The maximum Gasteiger partial charge on any atom is 0.256 e. The zero-order valence-electron chi connectivity index (χ0n) is 10.4. The van der Waals surface area contributed by atoms with Gasteiger partial charge < -0.3 is 10.2 Å². The van der Waals surface area contributed by atoms with E-state index in [0.717, 1.165) is 25.9 Å². The van der Waals surface area contributed by atoms with Crippen LogP contribution >= 0.6 is 12.4 Å². The molecule has 0 atom stereocenters. The summed E-state index contributed by atoms with van der Waals surface area (Å²) in [4.78, 5) is 13.8. The van der Waals surface area contributed by atoms with E-state index in [-0.39, 0.29) is 29.9 Å². The standard InChI is InChI=1S/C13H17FN2O.ClH/c1-16(10-6-8-15-9-7-10)13(17)11-4-2-3-5-12(11)14;/h2-5,10,15H,6-9H2,1H3;1H. The van der Waals surface area contributed by atoms with E-state index in [4.69, 9.17) is 0 Å². The minimum Gasteiger partial charge on any atom is -0.339 e. The Balaban J connectivity index is 0.00000162. The zero-order valence-corrected chi connectivity index (χ0v) is 11.2. The fourth-order valence-electron chi connectivity index (χ4n) is 2.18. The van der Waals surface area contributed by atoms with Crippen LogP contribution in [-0.4, -0.2) is 37.0 Å². The van der Waals surface area contributed by atoms with Crippen LogP contribution in [0.25, 0.3) is 0 Å². The van der Waals surface area contributed by atoms with E-state index in [2.05, 4.69) is 5.32 Å². The number of carbonyl (C=O) groups excluding carboxylic acids is 1. The average molecular weight is 273 g/mol. The molecule has 1 aliphatic heterocycles. The van der Waals surface area contributed by atoms with E-state index in [0.29, 0.717) is 0 Å². The molecule has 1 aliphatic rings. The van der Waals surface area contributed by atoms with Crippen LogP contribution in [0, 0.1) is 5.82 Å². The highest BCUT2D eigenvalue weighted by Gasteiger charge is 2.24. The number of carbonyl (C=O) groups is 1. The molecule has 0 saturated carbocycles. The third-order valence-corrected chi connectivity index (χ3v) is 3.28. The molecule has 0 aliphatic carbocycles. The molecule has 5 heteroatoms. The van der Waals surface area contributed by atoms with Crippen LogP contribution in [0.15, 0.2) is 24.3 Å². The summed E-state index contributed by atoms with van der Waals surface area (Å²) in [5.74, 6) is -0.673. The van der Waals surface area contributed by atoms with Crippen LogP contribution in [-0.2, 0) is 0 Å². The summed E-state index contributed by atoms with van der Waals surface area (Å²) in [5.41, 5.74) is 0.161. The molecule has 0 spiro atoms. The van der Waals surface area contributed by atoms with E-state index in [1.807, 2.05) is 0 Å². The van der Waals surface area contributed by atoms with Gasteiger partial charge in [-0.1, -0.05) is 12.1 Å². The van der Waals surface area contributed by atoms with E-state index >= 15 is 0 Å². The summed E-state index contributed by atoms with van der Waals surface area (Å²) in [6.45, 7) is 1.83. The first kappa shape index (κ1) is 14.9. The lowest BCUT2D eigenvalue weighted by molar-refractivity contribution is 0.0698. The largest absolute Gasteiger partial charge is 0.339 e. The highest BCUT2D eigenvalue weighted by Crippen LogP contribution is 2.15. The number of halogens is 2. The molecule has 1 heterocycles. The minimum atomic E-state index is -0.446. The van der Waals surface area contributed by atoms with Gasteiger partial charge in [-0.2, -0.15) is 0 Å². The zero-order chi connectivity index (χ0) is 12.3. The van der Waals surface area contributed by atoms with E-state index in [9.17, 15) is 9.18 Å². The van der Waals surface area contributed by atoms with Gasteiger partial charge >= 0.3 is 0 Å². The second-order valence-corrected chi connectivity index (χ2v) is 4.38. The van der Waals surface area contributed by atoms with Crippen LogP contribution < -0.4 is 5.32 Å². The highest BCUT2D eigenvalue weighted by molar-refractivity contribution is 5.94. The predicted molar refractivity (Wildman–Crippen MR) is 71.6 cm³/mol. The molecular weight excluding hydrogens is 255 g/mol. The summed E-state index contributed by atoms with van der Waals surface area (Å²) >= 11 is 0. The van der Waals surface area contributed by atoms with Crippen LogP contribution in [0.5, 0.6) is 0 Å². The molecule has 1 aromatic rings. The Labute approximate surface area is 113 Å². The Hall–Kier alpha value is -1.13. The number of nitrogens with zero attached hydrogens (tertiary/aromatic N) is 1. The number of benzene rings is 1. The summed E-state index contributed by atoms with van der Waals surface area (Å²) < 4.78 is 13.5. The van der Waals surface area contributed by atoms with Crippen molar-refractivity contribution in [1.82, 2.24) is 10.2 Å². The number of hydrogen-bond donors (Lipinski definition) is 1. The van der Waals surface area contributed by atoms with Crippen molar-refractivity contribution in [3.63, 3.8) is 0 Å². The van der Waals surface area contributed by atoms with Crippen LogP contribution in [0.4, 0.5) is 4.39 Å². The molecule has 0 unspecified atom stereocenters. The van der Waals surface area contributed by atoms with Gasteiger partial charge in [0.1, 0.15) is 5.82 Å². The molecule has 2 rings (SSSR count). The Kier molecular flexibility index (Phi) is 5.56. The van der Waals surface area contributed by atoms with Crippen LogP contribution in [0.1, 0.15) is 23.2 Å². The minimum absolute atomic E-state index is 0. The second kappa shape index (κ2) is 6.71. The van der Waals surface area contributed by atoms with Gasteiger partial charge in [0.25, 0.3) is 5.91 Å². The van der Waals surface area contributed by atoms with Crippen molar-refractivity contribution < 1.29 is 9.18 Å². The lowest BCUT2D eigenvalue weighted by Gasteiger charge is -2.31. The number of hydrogen-bond acceptors (Lipinski definition) is 2. The predicted octanol–water partition coefficient (Wildman–Crippen LogP) is 2.07. The molecule has 1 N–H and O–H groups in total. The molecule has 3 nitrogen and oxygen atoms in total. The number of rotatable bonds is 2. The number of piperidine rings is 1. The summed E-state index contributed by atoms with van der Waals surface area (Å²) in [7, 11) is 1.75. The Bertz CT molecular complexity index is 408. The quantitative estimate of drug-likeness (QED) is 0.894. The summed E-state index contributed by atoms with van der Waals surface area (Å²) in [6, 6.07) is 6.35. The smallest absolute Gasteiger partial charge is 0.256 e. The third-order valence-electron chi connectivity index (χ3n) is 3.28. The van der Waals surface area contributed by atoms with Crippen molar-refractivity contribution >= 4 is 18.3 Å². The lowest BCUT2D eigenvalue weighted by Crippen LogP contribution is -2.44. The maximum atomic E-state index is 13.5. The molecule has 100 valence electrons. The van der Waals surface area contributed by atoms with Crippen molar-refractivity contribution in [2.45, 2.75) is 18.9 Å². The van der Waals surface area contributed by atoms with Gasteiger partial charge in [0.05, 0.1) is 5.56 Å². The van der Waals surface area contributed by atoms with Gasteiger partial charge in [-0.15, -0.1) is 12.4 Å². The molecule has 1 fully saturated rings. The van der Waals surface area contributed by atoms with Crippen LogP contribution in [0.3, 0.4) is 0 Å². The topological polar surface area (TPSA) is 32.3 Å². The van der Waals surface area contributed by atoms with E-state index < -0.39 is 5.82 Å². The fourth-order valence-corrected chi connectivity index (χ4v) is 2.18. The first-order valence-corrected chi connectivity index (χ1v) is 5.92. The molecule has 0 radical (unpaired) electrons. The Morgan fingerprint density at radius 2 is 1.94 bits per heavy atom. The van der Waals surface area contributed by atoms with Crippen molar-refractivity contribution in [1.29, 1.82) is 0 Å². The van der Waals surface area contributed by atoms with Crippen molar-refractivity contribution in [3.8, 4) is 0 Å². The fraction of sp³-hybridized carbons (Fsp3) is 0.462. The first-order valence-electron chi connectivity index (χ1n) is 5.92. The molecule has 1 saturated heterocycles. The Morgan fingerprint density at radius 3 is 2.56 bits per heavy atom. The molecule has 18 heavy (non-hydrogen) atoms. The van der Waals surface area contributed by atoms with E-state index in [1.54, 1.807) is 24.1 Å². The van der Waals surface area contributed by atoms with Gasteiger partial charge in [-0.25, -0.2) is 4.39 Å². The third kappa shape index (κ3) is 3.21. The maximum absolute atomic E-state index is 13.5. The SMILES string of the molecule is CN(C(=O)c1ccccc1F)C1CCNCC1.Cl. The van der Waals surface area contributed by atoms with Crippen molar-refractivity contribution in [3.05, 3.63) is 35.6 Å². The number of nitrogens with one attached hydrogen (secondary N) is 1. The molecular formula is C13H18ClFN2O. The van der Waals surface area contributed by atoms with Crippen molar-refractivity contribution in [2.75, 3.05) is 20.1 Å². The summed E-state index contributed by atoms with van der Waals surface area (Å²) in [6.07, 6.45) is 1.85. The first-order chi connectivity index (χ1) is 8.20. The Morgan fingerprint density at radius 1 is 1.33 bits per heavy atom. The normalized spacial score (nSPS) is 15.9. The molecule has 1 amide bonds. The van der Waals surface area contributed by atoms with Gasteiger partial charge in [-0.05, 0) is 38.1 Å². The lowest BCUT2D eigenvalue weighted by atomic mass is 10.0. The monoisotopic (exact) mass is 272 g/mol. The molecule has 0 bridgehead atoms. The summed E-state index contributed by atoms with van der Waals surface area (Å²) in [5, 5.41) is 3.25. The van der Waals surface area contributed by atoms with Crippen LogP contribution in [0.2, 0.25) is 0 Å². The van der Waals surface area contributed by atoms with Crippen molar-refractivity contribution in [2.24, 2.45) is 0 Å². The van der Waals surface area contributed by atoms with Gasteiger partial charge in [0.15, 0.2) is 0 Å². The second-order valence-electron chi connectivity index (χ2n) is 4.38. The number of amides is 1. The van der Waals surface area contributed by atoms with Gasteiger partial charge in [0.2, 0.25) is 0 Å². The molecule has 0 aromatic heterocycles. The highest BCUT2D eigenvalue weighted by atomic mass is 35.5.